The van der Waals surface area contributed by atoms with Gasteiger partial charge in [0, 0.05) is 24.3 Å². The van der Waals surface area contributed by atoms with E-state index in [1.165, 1.54) is 0 Å². The number of aliphatic imine (C=N–C) groups is 1. The third-order valence-corrected chi connectivity index (χ3v) is 5.15. The van der Waals surface area contributed by atoms with Crippen LogP contribution in [0.2, 0.25) is 0 Å². The monoisotopic (exact) mass is 412 g/mol. The van der Waals surface area contributed by atoms with Crippen LogP contribution in [0, 0.1) is 0 Å². The number of carbonyl (C=O) groups excluding carboxylic acids is 2. The number of rotatable bonds is 6. The molecule has 0 spiro atoms. The van der Waals surface area contributed by atoms with Crippen molar-refractivity contribution in [2.24, 2.45) is 10.7 Å². The second-order valence-corrected chi connectivity index (χ2v) is 7.38. The van der Waals surface area contributed by atoms with Gasteiger partial charge in [-0.25, -0.2) is 0 Å². The Morgan fingerprint density at radius 1 is 0.968 bits per heavy atom. The first-order valence-electron chi connectivity index (χ1n) is 10.3. The number of hydrogen-bond donors (Lipinski definition) is 2. The van der Waals surface area contributed by atoms with Crippen LogP contribution in [-0.4, -0.2) is 30.7 Å². The Hall–Kier alpha value is -3.93. The van der Waals surface area contributed by atoms with E-state index in [1.54, 1.807) is 12.1 Å². The van der Waals surface area contributed by atoms with E-state index in [2.05, 4.69) is 10.2 Å². The molecule has 6 nitrogen and oxygen atoms in total. The Labute approximate surface area is 181 Å². The smallest absolute Gasteiger partial charge is 0.250 e. The van der Waals surface area contributed by atoms with Crippen molar-refractivity contribution in [3.05, 3.63) is 95.6 Å². The van der Waals surface area contributed by atoms with Crippen LogP contribution < -0.4 is 16.0 Å². The Kier molecular flexibility index (Phi) is 6.08. The summed E-state index contributed by atoms with van der Waals surface area (Å²) >= 11 is 0. The SMILES string of the molecule is NC(=O)c1cc(N2CCCN=C2c2ccccc2)ccc1NC(=O)Cc1ccccc1. The van der Waals surface area contributed by atoms with Gasteiger partial charge in [0.1, 0.15) is 5.84 Å². The molecule has 0 bridgehead atoms. The van der Waals surface area contributed by atoms with Crippen LogP contribution in [0.25, 0.3) is 0 Å². The lowest BCUT2D eigenvalue weighted by atomic mass is 10.1. The number of primary amides is 1. The van der Waals surface area contributed by atoms with Gasteiger partial charge >= 0.3 is 0 Å². The fourth-order valence-corrected chi connectivity index (χ4v) is 3.68. The van der Waals surface area contributed by atoms with Crippen molar-refractivity contribution in [1.29, 1.82) is 0 Å². The summed E-state index contributed by atoms with van der Waals surface area (Å²) in [5.41, 5.74) is 9.06. The first kappa shape index (κ1) is 20.3. The second kappa shape index (κ2) is 9.26. The third kappa shape index (κ3) is 4.80. The van der Waals surface area contributed by atoms with Crippen molar-refractivity contribution in [3.8, 4) is 0 Å². The fraction of sp³-hybridized carbons (Fsp3) is 0.160. The van der Waals surface area contributed by atoms with Crippen LogP contribution in [0.15, 0.2) is 83.9 Å². The van der Waals surface area contributed by atoms with Crippen LogP contribution >= 0.6 is 0 Å². The van der Waals surface area contributed by atoms with E-state index in [0.717, 1.165) is 42.2 Å². The first-order valence-corrected chi connectivity index (χ1v) is 10.3. The van der Waals surface area contributed by atoms with Crippen molar-refractivity contribution in [1.82, 2.24) is 0 Å². The summed E-state index contributed by atoms with van der Waals surface area (Å²) in [6.07, 6.45) is 1.13. The molecule has 0 radical (unpaired) electrons. The highest BCUT2D eigenvalue weighted by molar-refractivity contribution is 6.11. The van der Waals surface area contributed by atoms with Gasteiger partial charge < -0.3 is 16.0 Å². The Balaban J connectivity index is 1.60. The summed E-state index contributed by atoms with van der Waals surface area (Å²) < 4.78 is 0. The summed E-state index contributed by atoms with van der Waals surface area (Å²) in [4.78, 5) is 31.4. The Bertz CT molecular complexity index is 1110. The molecule has 0 aliphatic carbocycles. The van der Waals surface area contributed by atoms with Gasteiger partial charge in [-0.05, 0) is 30.2 Å². The standard InChI is InChI=1S/C25H24N4O2/c26-24(31)21-17-20(29-15-7-14-27-25(29)19-10-5-2-6-11-19)12-13-22(21)28-23(30)16-18-8-3-1-4-9-18/h1-6,8-13,17H,7,14-16H2,(H2,26,31)(H,28,30). The molecule has 2 amide bonds. The lowest BCUT2D eigenvalue weighted by molar-refractivity contribution is -0.115. The maximum Gasteiger partial charge on any atom is 0.250 e. The summed E-state index contributed by atoms with van der Waals surface area (Å²) in [5, 5.41) is 2.82. The number of benzene rings is 3. The molecule has 3 N–H and O–H groups in total. The van der Waals surface area contributed by atoms with E-state index in [9.17, 15) is 9.59 Å². The predicted octanol–water partition coefficient (Wildman–Crippen LogP) is 3.62. The van der Waals surface area contributed by atoms with Gasteiger partial charge in [0.15, 0.2) is 0 Å². The molecule has 0 saturated heterocycles. The molecular weight excluding hydrogens is 388 g/mol. The van der Waals surface area contributed by atoms with Crippen molar-refractivity contribution < 1.29 is 9.59 Å². The van der Waals surface area contributed by atoms with Gasteiger partial charge in [0.2, 0.25) is 5.91 Å². The van der Waals surface area contributed by atoms with Crippen molar-refractivity contribution in [2.45, 2.75) is 12.8 Å². The topological polar surface area (TPSA) is 87.8 Å². The summed E-state index contributed by atoms with van der Waals surface area (Å²) in [6.45, 7) is 1.54. The molecule has 0 aromatic heterocycles. The van der Waals surface area contributed by atoms with Gasteiger partial charge in [0.25, 0.3) is 5.91 Å². The van der Waals surface area contributed by atoms with Crippen LogP contribution in [0.4, 0.5) is 11.4 Å². The number of amides is 2. The summed E-state index contributed by atoms with van der Waals surface area (Å²) in [5.74, 6) is 0.0705. The highest BCUT2D eigenvalue weighted by atomic mass is 16.2. The molecule has 0 saturated carbocycles. The number of anilines is 2. The number of amidine groups is 1. The van der Waals surface area contributed by atoms with Gasteiger partial charge in [-0.1, -0.05) is 60.7 Å². The zero-order chi connectivity index (χ0) is 21.6. The normalized spacial score (nSPS) is 13.4. The number of nitrogens with two attached hydrogens (primary N) is 1. The van der Waals surface area contributed by atoms with Crippen LogP contribution in [0.1, 0.15) is 27.9 Å². The minimum Gasteiger partial charge on any atom is -0.366 e. The molecule has 4 rings (SSSR count). The molecule has 0 unspecified atom stereocenters. The van der Waals surface area contributed by atoms with Crippen LogP contribution in [0.3, 0.4) is 0 Å². The molecular formula is C25H24N4O2. The van der Waals surface area contributed by atoms with Gasteiger partial charge in [-0.2, -0.15) is 0 Å². The molecule has 6 heteroatoms. The van der Waals surface area contributed by atoms with Crippen molar-refractivity contribution >= 4 is 29.0 Å². The van der Waals surface area contributed by atoms with E-state index < -0.39 is 5.91 Å². The van der Waals surface area contributed by atoms with E-state index in [1.807, 2.05) is 66.7 Å². The number of hydrogen-bond acceptors (Lipinski definition) is 4. The second-order valence-electron chi connectivity index (χ2n) is 7.38. The molecule has 0 fully saturated rings. The van der Waals surface area contributed by atoms with E-state index in [4.69, 9.17) is 10.7 Å². The zero-order valence-electron chi connectivity index (χ0n) is 17.1. The zero-order valence-corrected chi connectivity index (χ0v) is 17.1. The minimum absolute atomic E-state index is 0.203. The van der Waals surface area contributed by atoms with Gasteiger partial charge in [-0.15, -0.1) is 0 Å². The molecule has 1 heterocycles. The summed E-state index contributed by atoms with van der Waals surface area (Å²) in [7, 11) is 0. The lowest BCUT2D eigenvalue weighted by Gasteiger charge is -2.30. The van der Waals surface area contributed by atoms with E-state index in [-0.39, 0.29) is 17.9 Å². The predicted molar refractivity (Wildman–Crippen MR) is 124 cm³/mol. The highest BCUT2D eigenvalue weighted by Gasteiger charge is 2.21. The summed E-state index contributed by atoms with van der Waals surface area (Å²) in [6, 6.07) is 24.7. The fourth-order valence-electron chi connectivity index (χ4n) is 3.68. The Morgan fingerprint density at radius 2 is 1.68 bits per heavy atom. The quantitative estimate of drug-likeness (QED) is 0.648. The number of carbonyl (C=O) groups is 2. The van der Waals surface area contributed by atoms with Crippen molar-refractivity contribution in [2.75, 3.05) is 23.3 Å². The van der Waals surface area contributed by atoms with Gasteiger partial charge in [0.05, 0.1) is 17.7 Å². The van der Waals surface area contributed by atoms with E-state index >= 15 is 0 Å². The number of nitrogens with one attached hydrogen (secondary N) is 1. The average molecular weight is 412 g/mol. The molecule has 1 aliphatic rings. The van der Waals surface area contributed by atoms with Crippen molar-refractivity contribution in [3.63, 3.8) is 0 Å². The van der Waals surface area contributed by atoms with Gasteiger partial charge in [-0.3, -0.25) is 14.6 Å². The molecule has 31 heavy (non-hydrogen) atoms. The maximum absolute atomic E-state index is 12.5. The Morgan fingerprint density at radius 3 is 2.39 bits per heavy atom. The average Bonchev–Trinajstić information content (AvgIpc) is 2.80. The molecule has 0 atom stereocenters. The van der Waals surface area contributed by atoms with Crippen LogP contribution in [0.5, 0.6) is 0 Å². The number of nitrogens with zero attached hydrogens (tertiary/aromatic N) is 2. The lowest BCUT2D eigenvalue weighted by Crippen LogP contribution is -2.36. The maximum atomic E-state index is 12.5. The van der Waals surface area contributed by atoms with E-state index in [0.29, 0.717) is 5.69 Å². The first-order chi connectivity index (χ1) is 15.1. The molecule has 156 valence electrons. The molecule has 1 aliphatic heterocycles. The third-order valence-electron chi connectivity index (χ3n) is 5.15. The molecule has 3 aromatic carbocycles. The highest BCUT2D eigenvalue weighted by Crippen LogP contribution is 2.26. The van der Waals surface area contributed by atoms with Crippen LogP contribution in [-0.2, 0) is 11.2 Å². The largest absolute Gasteiger partial charge is 0.366 e. The minimum atomic E-state index is -0.591. The molecule has 3 aromatic rings.